The first kappa shape index (κ1) is 12.0. The lowest BCUT2D eigenvalue weighted by Crippen LogP contribution is -1.91. The fourth-order valence-corrected chi connectivity index (χ4v) is 1.42. The summed E-state index contributed by atoms with van der Waals surface area (Å²) in [5.41, 5.74) is 0. The largest absolute Gasteiger partial charge is 0.0654 e. The summed E-state index contributed by atoms with van der Waals surface area (Å²) in [7, 11) is 0. The van der Waals surface area contributed by atoms with E-state index in [1.54, 1.807) is 0 Å². The molecule has 0 rings (SSSR count). The number of hydrogen-bond acceptors (Lipinski definition) is 0. The molecule has 0 aliphatic carbocycles. The lowest BCUT2D eigenvalue weighted by molar-refractivity contribution is 0.506. The van der Waals surface area contributed by atoms with E-state index in [-0.39, 0.29) is 0 Å². The van der Waals surface area contributed by atoms with Crippen LogP contribution in [-0.2, 0) is 0 Å². The Balaban J connectivity index is 2.90. The van der Waals surface area contributed by atoms with Crippen molar-refractivity contribution in [3.05, 3.63) is 6.92 Å². The van der Waals surface area contributed by atoms with E-state index in [2.05, 4.69) is 20.8 Å². The van der Waals surface area contributed by atoms with Crippen LogP contribution < -0.4 is 0 Å². The van der Waals surface area contributed by atoms with Crippen LogP contribution in [0.4, 0.5) is 0 Å². The molecule has 0 bridgehead atoms. The molecule has 0 aliphatic heterocycles. The number of rotatable bonds is 8. The Morgan fingerprint density at radius 2 is 1.50 bits per heavy atom. The number of hydrogen-bond donors (Lipinski definition) is 0. The highest BCUT2D eigenvalue weighted by molar-refractivity contribution is 4.58. The molecule has 1 atom stereocenters. The molecule has 0 unspecified atom stereocenters. The fourth-order valence-electron chi connectivity index (χ4n) is 1.42. The molecule has 0 spiro atoms. The molecule has 0 fully saturated rings. The summed E-state index contributed by atoms with van der Waals surface area (Å²) in [6.07, 6.45) is 11.0. The van der Waals surface area contributed by atoms with Crippen molar-refractivity contribution in [1.82, 2.24) is 0 Å². The second-order valence-corrected chi connectivity index (χ2v) is 3.83. The molecule has 0 heterocycles. The summed E-state index contributed by atoms with van der Waals surface area (Å²) in [6, 6.07) is 0. The summed E-state index contributed by atoms with van der Waals surface area (Å²) < 4.78 is 0. The normalized spacial score (nSPS) is 13.2. The van der Waals surface area contributed by atoms with Gasteiger partial charge in [0.1, 0.15) is 0 Å². The SMILES string of the molecule is [CH2][C@@H](CC)CCCCCCCC. The Kier molecular flexibility index (Phi) is 9.09. The zero-order valence-electron chi connectivity index (χ0n) is 8.94. The van der Waals surface area contributed by atoms with Crippen molar-refractivity contribution in [3.63, 3.8) is 0 Å². The van der Waals surface area contributed by atoms with Crippen LogP contribution in [0.5, 0.6) is 0 Å². The van der Waals surface area contributed by atoms with E-state index in [0.29, 0.717) is 5.92 Å². The smallest absolute Gasteiger partial charge is 0.0417 e. The molecule has 0 aromatic rings. The van der Waals surface area contributed by atoms with Gasteiger partial charge in [0, 0.05) is 0 Å². The lowest BCUT2D eigenvalue weighted by Gasteiger charge is -2.06. The topological polar surface area (TPSA) is 0 Å². The van der Waals surface area contributed by atoms with Gasteiger partial charge in [0.25, 0.3) is 0 Å². The molecule has 0 aromatic carbocycles. The zero-order valence-corrected chi connectivity index (χ0v) is 8.94. The van der Waals surface area contributed by atoms with Gasteiger partial charge >= 0.3 is 0 Å². The summed E-state index contributed by atoms with van der Waals surface area (Å²) in [4.78, 5) is 0. The molecule has 73 valence electrons. The maximum absolute atomic E-state index is 4.09. The molecule has 0 saturated carbocycles. The lowest BCUT2D eigenvalue weighted by atomic mass is 10.00. The average molecular weight is 169 g/mol. The van der Waals surface area contributed by atoms with E-state index in [4.69, 9.17) is 0 Å². The van der Waals surface area contributed by atoms with Crippen LogP contribution in [0, 0.1) is 12.8 Å². The zero-order chi connectivity index (χ0) is 9.23. The summed E-state index contributed by atoms with van der Waals surface area (Å²) in [5.74, 6) is 0.705. The first-order valence-corrected chi connectivity index (χ1v) is 5.64. The van der Waals surface area contributed by atoms with Crippen LogP contribution in [0.1, 0.15) is 65.2 Å². The van der Waals surface area contributed by atoms with Gasteiger partial charge in [-0.15, -0.1) is 0 Å². The summed E-state index contributed by atoms with van der Waals surface area (Å²) >= 11 is 0. The Bertz CT molecular complexity index is 76.1. The van der Waals surface area contributed by atoms with Crippen molar-refractivity contribution >= 4 is 0 Å². The highest BCUT2D eigenvalue weighted by Gasteiger charge is 1.97. The van der Waals surface area contributed by atoms with Crippen molar-refractivity contribution in [2.24, 2.45) is 5.92 Å². The third kappa shape index (κ3) is 8.10. The Labute approximate surface area is 78.8 Å². The van der Waals surface area contributed by atoms with Crippen LogP contribution in [-0.4, -0.2) is 0 Å². The van der Waals surface area contributed by atoms with Gasteiger partial charge < -0.3 is 0 Å². The molecule has 0 aliphatic rings. The monoisotopic (exact) mass is 169 g/mol. The predicted molar refractivity (Wildman–Crippen MR) is 57.1 cm³/mol. The maximum Gasteiger partial charge on any atom is -0.0417 e. The summed E-state index contributed by atoms with van der Waals surface area (Å²) in [6.45, 7) is 8.59. The van der Waals surface area contributed by atoms with Crippen molar-refractivity contribution in [2.75, 3.05) is 0 Å². The minimum atomic E-state index is 0.705. The van der Waals surface area contributed by atoms with Gasteiger partial charge in [-0.2, -0.15) is 0 Å². The van der Waals surface area contributed by atoms with Crippen LogP contribution in [0.25, 0.3) is 0 Å². The highest BCUT2D eigenvalue weighted by Crippen LogP contribution is 2.13. The molecule has 0 saturated heterocycles. The van der Waals surface area contributed by atoms with E-state index in [1.165, 1.54) is 51.4 Å². The van der Waals surface area contributed by atoms with Gasteiger partial charge in [0.05, 0.1) is 0 Å². The van der Waals surface area contributed by atoms with Crippen molar-refractivity contribution < 1.29 is 0 Å². The van der Waals surface area contributed by atoms with E-state index in [1.807, 2.05) is 0 Å². The van der Waals surface area contributed by atoms with E-state index < -0.39 is 0 Å². The van der Waals surface area contributed by atoms with Crippen molar-refractivity contribution in [1.29, 1.82) is 0 Å². The molecular weight excluding hydrogens is 144 g/mol. The Hall–Kier alpha value is 0. The van der Waals surface area contributed by atoms with Gasteiger partial charge in [0.2, 0.25) is 0 Å². The molecule has 0 heteroatoms. The minimum absolute atomic E-state index is 0.705. The molecule has 1 radical (unpaired) electrons. The first-order valence-electron chi connectivity index (χ1n) is 5.64. The van der Waals surface area contributed by atoms with Gasteiger partial charge in [-0.1, -0.05) is 72.1 Å². The third-order valence-corrected chi connectivity index (χ3v) is 2.54. The molecule has 12 heavy (non-hydrogen) atoms. The molecular formula is C12H25. The van der Waals surface area contributed by atoms with Gasteiger partial charge in [-0.3, -0.25) is 0 Å². The van der Waals surface area contributed by atoms with E-state index in [9.17, 15) is 0 Å². The Morgan fingerprint density at radius 1 is 0.917 bits per heavy atom. The highest BCUT2D eigenvalue weighted by atomic mass is 14.0. The number of unbranched alkanes of at least 4 members (excludes halogenated alkanes) is 5. The third-order valence-electron chi connectivity index (χ3n) is 2.54. The summed E-state index contributed by atoms with van der Waals surface area (Å²) in [5, 5.41) is 0. The van der Waals surface area contributed by atoms with Gasteiger partial charge in [-0.05, 0) is 5.92 Å². The van der Waals surface area contributed by atoms with Crippen LogP contribution in [0.15, 0.2) is 0 Å². The van der Waals surface area contributed by atoms with Crippen molar-refractivity contribution in [3.8, 4) is 0 Å². The quantitative estimate of drug-likeness (QED) is 0.466. The van der Waals surface area contributed by atoms with E-state index >= 15 is 0 Å². The van der Waals surface area contributed by atoms with Crippen molar-refractivity contribution in [2.45, 2.75) is 65.2 Å². The fraction of sp³-hybridized carbons (Fsp3) is 0.917. The van der Waals surface area contributed by atoms with E-state index in [0.717, 1.165) is 0 Å². The van der Waals surface area contributed by atoms with Gasteiger partial charge in [0.15, 0.2) is 0 Å². The first-order chi connectivity index (χ1) is 5.81. The predicted octanol–water partition coefficient (Wildman–Crippen LogP) is 4.60. The Morgan fingerprint density at radius 3 is 2.08 bits per heavy atom. The molecule has 0 nitrogen and oxygen atoms in total. The average Bonchev–Trinajstić information content (AvgIpc) is 2.10. The molecule has 0 N–H and O–H groups in total. The maximum atomic E-state index is 4.09. The van der Waals surface area contributed by atoms with Crippen LogP contribution in [0.3, 0.4) is 0 Å². The standard InChI is InChI=1S/C12H25/c1-4-6-7-8-9-10-11-12(3)5-2/h12H,3-11H2,1-2H3/t12-/m0/s1. The van der Waals surface area contributed by atoms with Crippen LogP contribution >= 0.6 is 0 Å². The molecule has 0 aromatic heterocycles. The second kappa shape index (κ2) is 9.09. The molecule has 0 amide bonds. The second-order valence-electron chi connectivity index (χ2n) is 3.83. The van der Waals surface area contributed by atoms with Gasteiger partial charge in [-0.25, -0.2) is 0 Å². The van der Waals surface area contributed by atoms with Crippen LogP contribution in [0.2, 0.25) is 0 Å². The minimum Gasteiger partial charge on any atom is -0.0654 e.